The summed E-state index contributed by atoms with van der Waals surface area (Å²) in [6.07, 6.45) is 0. The Hall–Kier alpha value is -0.930. The van der Waals surface area contributed by atoms with Gasteiger partial charge in [-0.05, 0) is 25.0 Å². The topological polar surface area (TPSA) is 101 Å². The molecule has 122 valence electrons. The Morgan fingerprint density at radius 2 is 2.10 bits per heavy atom. The molecule has 0 saturated carbocycles. The molecule has 8 heteroatoms. The highest BCUT2D eigenvalue weighted by molar-refractivity contribution is 7.89. The number of aliphatic hydroxyl groups excluding tert-OH is 1. The van der Waals surface area contributed by atoms with Crippen molar-refractivity contribution in [2.45, 2.75) is 31.5 Å². The Labute approximate surface area is 125 Å². The lowest BCUT2D eigenvalue weighted by molar-refractivity contribution is 0.198. The van der Waals surface area contributed by atoms with Crippen molar-refractivity contribution in [3.8, 4) is 0 Å². The fourth-order valence-corrected chi connectivity index (χ4v) is 2.86. The summed E-state index contributed by atoms with van der Waals surface area (Å²) < 4.78 is 37.0. The number of ether oxygens (including phenoxy) is 1. The maximum Gasteiger partial charge on any atom is 0.274 e. The van der Waals surface area contributed by atoms with Crippen LogP contribution in [0.2, 0.25) is 0 Å². The van der Waals surface area contributed by atoms with Gasteiger partial charge in [-0.3, -0.25) is 0 Å². The zero-order chi connectivity index (χ0) is 15.9. The molecule has 0 bridgehead atoms. The van der Waals surface area contributed by atoms with E-state index in [1.165, 1.54) is 6.07 Å². The highest BCUT2D eigenvalue weighted by atomic mass is 32.2. The lowest BCUT2D eigenvalue weighted by Crippen LogP contribution is -2.38. The van der Waals surface area contributed by atoms with E-state index in [4.69, 9.17) is 14.3 Å². The maximum atomic E-state index is 12.1. The first-order valence-electron chi connectivity index (χ1n) is 6.82. The van der Waals surface area contributed by atoms with Gasteiger partial charge in [0.1, 0.15) is 5.76 Å². The molecule has 0 spiro atoms. The molecule has 0 amide bonds. The van der Waals surface area contributed by atoms with E-state index in [0.29, 0.717) is 25.5 Å². The molecule has 21 heavy (non-hydrogen) atoms. The predicted molar refractivity (Wildman–Crippen MR) is 78.3 cm³/mol. The van der Waals surface area contributed by atoms with Crippen molar-refractivity contribution in [1.82, 2.24) is 10.0 Å². The van der Waals surface area contributed by atoms with E-state index < -0.39 is 10.0 Å². The summed E-state index contributed by atoms with van der Waals surface area (Å²) >= 11 is 0. The Bertz CT molecular complexity index is 514. The number of furan rings is 1. The van der Waals surface area contributed by atoms with Crippen LogP contribution in [0.3, 0.4) is 0 Å². The minimum absolute atomic E-state index is 0.0868. The molecule has 0 aliphatic heterocycles. The number of rotatable bonds is 10. The third kappa shape index (κ3) is 5.76. The second-order valence-corrected chi connectivity index (χ2v) is 6.61. The number of hydrogen-bond acceptors (Lipinski definition) is 6. The first-order valence-corrected chi connectivity index (χ1v) is 8.30. The molecule has 1 aromatic rings. The van der Waals surface area contributed by atoms with Gasteiger partial charge < -0.3 is 19.6 Å². The molecule has 0 aliphatic rings. The molecule has 2 atom stereocenters. The van der Waals surface area contributed by atoms with E-state index in [-0.39, 0.29) is 23.7 Å². The Morgan fingerprint density at radius 3 is 2.71 bits per heavy atom. The number of methoxy groups -OCH3 is 1. The predicted octanol–water partition coefficient (Wildman–Crippen LogP) is 0.311. The quantitative estimate of drug-likeness (QED) is 0.537. The Kier molecular flexibility index (Phi) is 7.33. The molecule has 1 aromatic heterocycles. The number of hydrogen-bond donors (Lipinski definition) is 3. The van der Waals surface area contributed by atoms with Gasteiger partial charge in [-0.1, -0.05) is 6.92 Å². The Morgan fingerprint density at radius 1 is 1.38 bits per heavy atom. The number of sulfonamides is 1. The van der Waals surface area contributed by atoms with Crippen LogP contribution in [0.1, 0.15) is 19.6 Å². The van der Waals surface area contributed by atoms with Gasteiger partial charge in [-0.25, -0.2) is 13.1 Å². The van der Waals surface area contributed by atoms with E-state index in [1.807, 2.05) is 0 Å². The van der Waals surface area contributed by atoms with Crippen LogP contribution in [0.15, 0.2) is 21.6 Å². The van der Waals surface area contributed by atoms with Crippen LogP contribution >= 0.6 is 0 Å². The van der Waals surface area contributed by atoms with E-state index in [1.54, 1.807) is 27.0 Å². The van der Waals surface area contributed by atoms with Crippen molar-refractivity contribution < 1.29 is 22.7 Å². The van der Waals surface area contributed by atoms with E-state index in [2.05, 4.69) is 10.0 Å². The SMILES string of the molecule is COCCNCc1ccc(S(=O)(=O)NC(C)C(C)CO)o1. The third-order valence-corrected chi connectivity index (χ3v) is 4.60. The molecular formula is C13H24N2O5S. The third-order valence-electron chi connectivity index (χ3n) is 3.17. The van der Waals surface area contributed by atoms with Gasteiger partial charge in [-0.15, -0.1) is 0 Å². The van der Waals surface area contributed by atoms with Crippen LogP contribution < -0.4 is 10.0 Å². The van der Waals surface area contributed by atoms with E-state index in [9.17, 15) is 8.42 Å². The number of nitrogens with one attached hydrogen (secondary N) is 2. The standard InChI is InChI=1S/C13H24N2O5S/c1-10(9-16)11(2)15-21(17,18)13-5-4-12(20-13)8-14-6-7-19-3/h4-5,10-11,14-16H,6-9H2,1-3H3. The van der Waals surface area contributed by atoms with Crippen molar-refractivity contribution >= 4 is 10.0 Å². The maximum absolute atomic E-state index is 12.1. The summed E-state index contributed by atoms with van der Waals surface area (Å²) in [6.45, 7) is 5.04. The Balaban J connectivity index is 2.61. The second kappa shape index (κ2) is 8.50. The molecule has 1 rings (SSSR count). The average Bonchev–Trinajstić information content (AvgIpc) is 2.92. The van der Waals surface area contributed by atoms with Crippen LogP contribution in [0, 0.1) is 5.92 Å². The van der Waals surface area contributed by atoms with Crippen LogP contribution in [-0.4, -0.2) is 46.4 Å². The average molecular weight is 320 g/mol. The molecule has 0 aliphatic carbocycles. The van der Waals surface area contributed by atoms with Gasteiger partial charge in [0.15, 0.2) is 0 Å². The highest BCUT2D eigenvalue weighted by Gasteiger charge is 2.23. The summed E-state index contributed by atoms with van der Waals surface area (Å²) in [5.74, 6) is 0.360. The van der Waals surface area contributed by atoms with Crippen molar-refractivity contribution in [3.05, 3.63) is 17.9 Å². The van der Waals surface area contributed by atoms with Crippen LogP contribution in [-0.2, 0) is 21.3 Å². The van der Waals surface area contributed by atoms with Crippen molar-refractivity contribution in [1.29, 1.82) is 0 Å². The van der Waals surface area contributed by atoms with Gasteiger partial charge in [0.2, 0.25) is 5.09 Å². The molecule has 3 N–H and O–H groups in total. The highest BCUT2D eigenvalue weighted by Crippen LogP contribution is 2.15. The zero-order valence-corrected chi connectivity index (χ0v) is 13.4. The monoisotopic (exact) mass is 320 g/mol. The molecule has 7 nitrogen and oxygen atoms in total. The van der Waals surface area contributed by atoms with Crippen molar-refractivity contribution in [3.63, 3.8) is 0 Å². The normalized spacial score (nSPS) is 15.0. The molecule has 0 fully saturated rings. The van der Waals surface area contributed by atoms with Crippen LogP contribution in [0.25, 0.3) is 0 Å². The van der Waals surface area contributed by atoms with Gasteiger partial charge in [0, 0.05) is 26.3 Å². The lowest BCUT2D eigenvalue weighted by atomic mass is 10.1. The van der Waals surface area contributed by atoms with E-state index in [0.717, 1.165) is 0 Å². The van der Waals surface area contributed by atoms with Crippen molar-refractivity contribution in [2.75, 3.05) is 26.9 Å². The smallest absolute Gasteiger partial charge is 0.274 e. The van der Waals surface area contributed by atoms with Gasteiger partial charge in [0.05, 0.1) is 13.2 Å². The minimum Gasteiger partial charge on any atom is -0.447 e. The summed E-state index contributed by atoms with van der Waals surface area (Å²) in [7, 11) is -2.10. The molecule has 0 aromatic carbocycles. The molecule has 1 heterocycles. The minimum atomic E-state index is -3.71. The van der Waals surface area contributed by atoms with Crippen LogP contribution in [0.4, 0.5) is 0 Å². The molecule has 0 radical (unpaired) electrons. The number of aliphatic hydroxyl groups is 1. The van der Waals surface area contributed by atoms with Gasteiger partial charge in [0.25, 0.3) is 10.0 Å². The van der Waals surface area contributed by atoms with Gasteiger partial charge >= 0.3 is 0 Å². The largest absolute Gasteiger partial charge is 0.447 e. The van der Waals surface area contributed by atoms with Crippen LogP contribution in [0.5, 0.6) is 0 Å². The molecule has 2 unspecified atom stereocenters. The molecule has 0 saturated heterocycles. The summed E-state index contributed by atoms with van der Waals surface area (Å²) in [5.41, 5.74) is 0. The van der Waals surface area contributed by atoms with E-state index >= 15 is 0 Å². The first-order chi connectivity index (χ1) is 9.90. The fraction of sp³-hybridized carbons (Fsp3) is 0.692. The second-order valence-electron chi connectivity index (χ2n) is 4.96. The summed E-state index contributed by atoms with van der Waals surface area (Å²) in [5, 5.41) is 12.0. The zero-order valence-electron chi connectivity index (χ0n) is 12.6. The lowest BCUT2D eigenvalue weighted by Gasteiger charge is -2.18. The fourth-order valence-electron chi connectivity index (χ4n) is 1.56. The van der Waals surface area contributed by atoms with Gasteiger partial charge in [-0.2, -0.15) is 0 Å². The summed E-state index contributed by atoms with van der Waals surface area (Å²) in [4.78, 5) is 0. The molecular weight excluding hydrogens is 296 g/mol. The summed E-state index contributed by atoms with van der Waals surface area (Å²) in [6, 6.07) is 2.66. The van der Waals surface area contributed by atoms with Crippen molar-refractivity contribution in [2.24, 2.45) is 5.92 Å². The first kappa shape index (κ1) is 18.1.